The topological polar surface area (TPSA) is 0 Å². The number of rotatable bonds is 6. The lowest BCUT2D eigenvalue weighted by molar-refractivity contribution is 0.348. The Morgan fingerprint density at radius 3 is 1.02 bits per heavy atom. The number of aryl methyl sites for hydroxylation is 1. The van der Waals surface area contributed by atoms with Gasteiger partial charge in [0.2, 0.25) is 0 Å². The van der Waals surface area contributed by atoms with Crippen LogP contribution in [-0.2, 0) is 0 Å². The van der Waals surface area contributed by atoms with Crippen molar-refractivity contribution in [1.82, 2.24) is 0 Å². The monoisotopic (exact) mass is 711 g/mol. The molecule has 0 aromatic heterocycles. The van der Waals surface area contributed by atoms with Crippen LogP contribution in [0.2, 0.25) is 0 Å². The Balaban J connectivity index is 0.000000236. The van der Waals surface area contributed by atoms with E-state index in [9.17, 15) is 4.39 Å². The van der Waals surface area contributed by atoms with Gasteiger partial charge in [-0.1, -0.05) is 174 Å². The van der Waals surface area contributed by atoms with E-state index in [2.05, 4.69) is 93.6 Å². The molecule has 3 aliphatic carbocycles. The van der Waals surface area contributed by atoms with Crippen LogP contribution in [0.15, 0.2) is 115 Å². The van der Waals surface area contributed by atoms with Gasteiger partial charge in [0.15, 0.2) is 0 Å². The van der Waals surface area contributed by atoms with Gasteiger partial charge in [-0.25, -0.2) is 4.39 Å². The molecule has 0 radical (unpaired) electrons. The van der Waals surface area contributed by atoms with Gasteiger partial charge in [-0.2, -0.15) is 0 Å². The molecule has 282 valence electrons. The molecule has 53 heavy (non-hydrogen) atoms. The molecule has 0 amide bonds. The van der Waals surface area contributed by atoms with Crippen LogP contribution in [0.25, 0.3) is 33.4 Å². The standard InChI is InChI=1S/C26H27F.C26H34.3H2/c1-18-3-7-20(8-4-18)21-11-13-22(14-12-21)24-15-16-25(26(27)17-24)23-9-5-19(2)6-10-23;1-19-3-7-21(8-4-19)23-11-15-25(16-12-23)26-17-13-24(14-18-26)22-9-5-20(2)6-10-22;;;/h5-6,9-18,20H,3-4,7-8H2,1-2H3;11-22H,3-10H2,1-2H3;3*1H. The van der Waals surface area contributed by atoms with Crippen molar-refractivity contribution in [3.63, 3.8) is 0 Å². The van der Waals surface area contributed by atoms with Gasteiger partial charge in [-0.3, -0.25) is 0 Å². The molecule has 0 atom stereocenters. The third-order valence-corrected chi connectivity index (χ3v) is 13.2. The lowest BCUT2D eigenvalue weighted by Crippen LogP contribution is -2.10. The van der Waals surface area contributed by atoms with E-state index in [4.69, 9.17) is 0 Å². The minimum absolute atomic E-state index is 0. The van der Waals surface area contributed by atoms with Crippen molar-refractivity contribution in [2.24, 2.45) is 17.8 Å². The first-order valence-corrected chi connectivity index (χ1v) is 21.0. The minimum Gasteiger partial charge on any atom is -0.206 e. The summed E-state index contributed by atoms with van der Waals surface area (Å²) >= 11 is 0. The van der Waals surface area contributed by atoms with Gasteiger partial charge in [-0.15, -0.1) is 0 Å². The molecule has 0 bridgehead atoms. The van der Waals surface area contributed by atoms with Crippen molar-refractivity contribution < 1.29 is 8.67 Å². The molecule has 3 saturated carbocycles. The van der Waals surface area contributed by atoms with E-state index >= 15 is 0 Å². The van der Waals surface area contributed by atoms with Crippen LogP contribution in [0, 0.1) is 30.5 Å². The molecule has 5 aromatic carbocycles. The Labute approximate surface area is 324 Å². The smallest absolute Gasteiger partial charge is 0.131 e. The van der Waals surface area contributed by atoms with Gasteiger partial charge >= 0.3 is 0 Å². The third kappa shape index (κ3) is 9.59. The Morgan fingerprint density at radius 2 is 0.679 bits per heavy atom. The maximum absolute atomic E-state index is 14.7. The van der Waals surface area contributed by atoms with E-state index in [1.54, 1.807) is 17.2 Å². The molecule has 0 aliphatic heterocycles. The highest BCUT2D eigenvalue weighted by Gasteiger charge is 2.22. The predicted octanol–water partition coefficient (Wildman–Crippen LogP) is 16.4. The summed E-state index contributed by atoms with van der Waals surface area (Å²) in [5.74, 6) is 4.83. The molecule has 5 aromatic rings. The van der Waals surface area contributed by atoms with E-state index in [0.717, 1.165) is 46.3 Å². The summed E-state index contributed by atoms with van der Waals surface area (Å²) in [6.45, 7) is 9.20. The van der Waals surface area contributed by atoms with Crippen LogP contribution in [0.1, 0.15) is 142 Å². The number of benzene rings is 5. The fourth-order valence-corrected chi connectivity index (χ4v) is 9.29. The zero-order valence-corrected chi connectivity index (χ0v) is 32.8. The van der Waals surface area contributed by atoms with Gasteiger partial charge in [0.05, 0.1) is 0 Å². The van der Waals surface area contributed by atoms with E-state index < -0.39 is 0 Å². The van der Waals surface area contributed by atoms with Crippen LogP contribution < -0.4 is 0 Å². The van der Waals surface area contributed by atoms with E-state index in [1.807, 2.05) is 43.3 Å². The van der Waals surface area contributed by atoms with Gasteiger partial charge in [0.1, 0.15) is 5.82 Å². The average molecular weight is 711 g/mol. The highest BCUT2D eigenvalue weighted by Crippen LogP contribution is 2.39. The van der Waals surface area contributed by atoms with Gasteiger partial charge in [0, 0.05) is 9.84 Å². The molecule has 8 rings (SSSR count). The second kappa shape index (κ2) is 17.4. The van der Waals surface area contributed by atoms with E-state index in [0.29, 0.717) is 11.5 Å². The molecule has 3 aliphatic rings. The van der Waals surface area contributed by atoms with Crippen molar-refractivity contribution in [1.29, 1.82) is 0 Å². The first-order valence-electron chi connectivity index (χ1n) is 21.0. The highest BCUT2D eigenvalue weighted by molar-refractivity contribution is 5.71. The summed E-state index contributed by atoms with van der Waals surface area (Å²) in [6.07, 6.45) is 16.3. The van der Waals surface area contributed by atoms with Crippen molar-refractivity contribution in [2.45, 2.75) is 122 Å². The van der Waals surface area contributed by atoms with Crippen LogP contribution in [-0.4, -0.2) is 0 Å². The van der Waals surface area contributed by atoms with Crippen molar-refractivity contribution in [3.05, 3.63) is 143 Å². The summed E-state index contributed by atoms with van der Waals surface area (Å²) in [4.78, 5) is 0. The van der Waals surface area contributed by atoms with Crippen LogP contribution in [0.4, 0.5) is 4.39 Å². The molecule has 0 nitrogen and oxygen atoms in total. The molecular weight excluding hydrogens is 644 g/mol. The fraction of sp³-hybridized carbons (Fsp3) is 0.423. The first-order chi connectivity index (χ1) is 25.8. The first kappa shape index (κ1) is 37.3. The van der Waals surface area contributed by atoms with E-state index in [1.165, 1.54) is 99.3 Å². The predicted molar refractivity (Wildman–Crippen MR) is 231 cm³/mol. The molecule has 0 saturated heterocycles. The summed E-state index contributed by atoms with van der Waals surface area (Å²) in [5.41, 5.74) is 12.0. The molecule has 0 heterocycles. The Kier molecular flexibility index (Phi) is 12.3. The fourth-order valence-electron chi connectivity index (χ4n) is 9.29. The number of hydrogen-bond donors (Lipinski definition) is 0. The maximum atomic E-state index is 14.7. The molecular formula is C52H67F. The SMILES string of the molecule is CC1CCC(c2ccc(-c3ccc(C4CCC(C)CC4)cc3)cc2)CC1.Cc1ccc(-c2ccc(-c3ccc(C4CCC(C)CC4)cc3)cc2F)cc1.[HH].[HH].[HH]. The Bertz CT molecular complexity index is 1810. The quantitative estimate of drug-likeness (QED) is 0.165. The third-order valence-electron chi connectivity index (χ3n) is 13.2. The van der Waals surface area contributed by atoms with Gasteiger partial charge in [0.25, 0.3) is 0 Å². The zero-order valence-electron chi connectivity index (χ0n) is 32.8. The minimum atomic E-state index is -0.165. The van der Waals surface area contributed by atoms with E-state index in [-0.39, 0.29) is 10.1 Å². The Hall–Kier alpha value is -3.97. The molecule has 0 N–H and O–H groups in total. The van der Waals surface area contributed by atoms with Gasteiger partial charge in [-0.05, 0) is 132 Å². The number of halogens is 1. The summed E-state index contributed by atoms with van der Waals surface area (Å²) < 4.78 is 14.7. The molecule has 0 unspecified atom stereocenters. The molecule has 3 fully saturated rings. The lowest BCUT2D eigenvalue weighted by atomic mass is 9.79. The van der Waals surface area contributed by atoms with Crippen LogP contribution >= 0.6 is 0 Å². The maximum Gasteiger partial charge on any atom is 0.131 e. The number of hydrogen-bond acceptors (Lipinski definition) is 0. The second-order valence-electron chi connectivity index (χ2n) is 17.3. The summed E-state index contributed by atoms with van der Waals surface area (Å²) in [6, 6.07) is 41.2. The summed E-state index contributed by atoms with van der Waals surface area (Å²) in [5, 5.41) is 0. The summed E-state index contributed by atoms with van der Waals surface area (Å²) in [7, 11) is 0. The highest BCUT2D eigenvalue weighted by atomic mass is 19.1. The lowest BCUT2D eigenvalue weighted by Gasteiger charge is -2.27. The Morgan fingerprint density at radius 1 is 0.377 bits per heavy atom. The average Bonchev–Trinajstić information content (AvgIpc) is 3.20. The largest absolute Gasteiger partial charge is 0.206 e. The second-order valence-corrected chi connectivity index (χ2v) is 17.3. The molecule has 1 heteroatoms. The normalized spacial score (nSPS) is 24.5. The van der Waals surface area contributed by atoms with Crippen LogP contribution in [0.5, 0.6) is 0 Å². The van der Waals surface area contributed by atoms with Crippen LogP contribution in [0.3, 0.4) is 0 Å². The van der Waals surface area contributed by atoms with Crippen molar-refractivity contribution >= 4 is 0 Å². The van der Waals surface area contributed by atoms with Crippen molar-refractivity contribution in [3.8, 4) is 33.4 Å². The zero-order chi connectivity index (χ0) is 36.7. The van der Waals surface area contributed by atoms with Gasteiger partial charge < -0.3 is 0 Å². The van der Waals surface area contributed by atoms with Crippen molar-refractivity contribution in [2.75, 3.05) is 0 Å². The molecule has 0 spiro atoms.